The second-order valence-electron chi connectivity index (χ2n) is 7.59. The molecule has 2 aliphatic rings. The molecule has 28 heavy (non-hydrogen) atoms. The third kappa shape index (κ3) is 2.14. The number of aromatic amines is 1. The molecule has 3 aromatic rings. The fourth-order valence-electron chi connectivity index (χ4n) is 3.92. The number of hydrogen-bond donors (Lipinski definition) is 1. The lowest BCUT2D eigenvalue weighted by atomic mass is 9.94. The van der Waals surface area contributed by atoms with Crippen molar-refractivity contribution >= 4 is 22.7 Å². The van der Waals surface area contributed by atoms with Crippen molar-refractivity contribution in [3.63, 3.8) is 0 Å². The monoisotopic (exact) mass is 375 g/mol. The number of fused-ring (bicyclic) bond motifs is 2. The molecule has 0 radical (unpaired) electrons. The van der Waals surface area contributed by atoms with Gasteiger partial charge in [0.1, 0.15) is 11.3 Å². The van der Waals surface area contributed by atoms with Gasteiger partial charge in [-0.05, 0) is 12.0 Å². The summed E-state index contributed by atoms with van der Waals surface area (Å²) < 4.78 is 0. The van der Waals surface area contributed by atoms with Crippen LogP contribution >= 0.6 is 0 Å². The molecule has 1 amide bonds. The number of carbonyl (C=O) groups excluding carboxylic acids is 2. The third-order valence-electron chi connectivity index (χ3n) is 5.43. The molecule has 5 rings (SSSR count). The summed E-state index contributed by atoms with van der Waals surface area (Å²) in [5, 5.41) is 18.7. The number of hydrogen-bond acceptors (Lipinski definition) is 6. The van der Waals surface area contributed by atoms with E-state index in [0.29, 0.717) is 30.0 Å². The fraction of sp³-hybridized carbons (Fsp3) is 0.368. The zero-order valence-electron chi connectivity index (χ0n) is 15.4. The Morgan fingerprint density at radius 1 is 1.29 bits per heavy atom. The Labute approximate surface area is 160 Å². The summed E-state index contributed by atoms with van der Waals surface area (Å²) in [5.74, 6) is -0.541. The Morgan fingerprint density at radius 2 is 2.04 bits per heavy atom. The number of ketones is 1. The van der Waals surface area contributed by atoms with Crippen molar-refractivity contribution in [1.82, 2.24) is 29.9 Å². The Bertz CT molecular complexity index is 1180. The number of nitriles is 1. The number of amides is 1. The van der Waals surface area contributed by atoms with Crippen molar-refractivity contribution in [3.8, 4) is 17.3 Å². The highest BCUT2D eigenvalue weighted by atomic mass is 16.2. The highest BCUT2D eigenvalue weighted by Gasteiger charge is 2.39. The minimum atomic E-state index is -0.628. The molecular formula is C19H17N7O2. The van der Waals surface area contributed by atoms with Gasteiger partial charge in [0.2, 0.25) is 11.7 Å². The molecule has 0 bridgehead atoms. The van der Waals surface area contributed by atoms with Crippen LogP contribution in [0.15, 0.2) is 18.5 Å². The number of H-pyrrole nitrogens is 1. The minimum absolute atomic E-state index is 0.0744. The summed E-state index contributed by atoms with van der Waals surface area (Å²) in [4.78, 5) is 36.2. The van der Waals surface area contributed by atoms with Crippen molar-refractivity contribution in [3.05, 3.63) is 29.7 Å². The summed E-state index contributed by atoms with van der Waals surface area (Å²) in [6.45, 7) is 4.69. The van der Waals surface area contributed by atoms with Crippen LogP contribution in [0.4, 0.5) is 0 Å². The summed E-state index contributed by atoms with van der Waals surface area (Å²) in [6, 6.07) is 3.35. The van der Waals surface area contributed by atoms with Crippen LogP contribution in [-0.2, 0) is 4.79 Å². The fourth-order valence-corrected chi connectivity index (χ4v) is 3.92. The Kier molecular flexibility index (Phi) is 3.40. The molecule has 1 unspecified atom stereocenters. The first-order valence-corrected chi connectivity index (χ1v) is 9.16. The van der Waals surface area contributed by atoms with Gasteiger partial charge in [-0.3, -0.25) is 9.59 Å². The lowest BCUT2D eigenvalue weighted by molar-refractivity contribution is -0.142. The molecule has 4 heterocycles. The molecule has 0 saturated carbocycles. The smallest absolute Gasteiger partial charge is 0.249 e. The summed E-state index contributed by atoms with van der Waals surface area (Å²) >= 11 is 0. The second kappa shape index (κ2) is 5.73. The van der Waals surface area contributed by atoms with Gasteiger partial charge < -0.3 is 9.88 Å². The van der Waals surface area contributed by atoms with Gasteiger partial charge in [0.05, 0.1) is 17.6 Å². The van der Waals surface area contributed by atoms with Crippen molar-refractivity contribution < 1.29 is 9.59 Å². The van der Waals surface area contributed by atoms with Crippen LogP contribution < -0.4 is 0 Å². The van der Waals surface area contributed by atoms with Gasteiger partial charge in [0, 0.05) is 36.4 Å². The zero-order valence-corrected chi connectivity index (χ0v) is 15.4. The molecule has 0 spiro atoms. The average Bonchev–Trinajstić information content (AvgIpc) is 3.24. The SMILES string of the molecule is CC(C)C(C(=O)N1CC(C#N)C1)n1nc2c(n1)-c1ccnc3[nH]cc(c13)C2=O. The van der Waals surface area contributed by atoms with Crippen molar-refractivity contribution in [2.24, 2.45) is 11.8 Å². The van der Waals surface area contributed by atoms with Gasteiger partial charge in [-0.15, -0.1) is 5.10 Å². The van der Waals surface area contributed by atoms with E-state index >= 15 is 0 Å². The van der Waals surface area contributed by atoms with Gasteiger partial charge in [0.25, 0.3) is 0 Å². The molecule has 1 aliphatic heterocycles. The number of nitrogens with zero attached hydrogens (tertiary/aromatic N) is 6. The van der Waals surface area contributed by atoms with Gasteiger partial charge in [-0.25, -0.2) is 4.98 Å². The predicted molar refractivity (Wildman–Crippen MR) is 98.1 cm³/mol. The molecule has 3 aromatic heterocycles. The number of carbonyl (C=O) groups is 2. The van der Waals surface area contributed by atoms with E-state index in [2.05, 4.69) is 26.2 Å². The maximum absolute atomic E-state index is 13.0. The van der Waals surface area contributed by atoms with Crippen LogP contribution in [0.25, 0.3) is 22.3 Å². The van der Waals surface area contributed by atoms with Gasteiger partial charge >= 0.3 is 0 Å². The largest absolute Gasteiger partial charge is 0.345 e. The molecule has 1 saturated heterocycles. The Hall–Kier alpha value is -3.54. The van der Waals surface area contributed by atoms with Crippen LogP contribution in [0.2, 0.25) is 0 Å². The minimum Gasteiger partial charge on any atom is -0.345 e. The van der Waals surface area contributed by atoms with Gasteiger partial charge in [-0.1, -0.05) is 13.8 Å². The van der Waals surface area contributed by atoms with Crippen LogP contribution in [0.3, 0.4) is 0 Å². The van der Waals surface area contributed by atoms with E-state index in [1.54, 1.807) is 17.3 Å². The standard InChI is InChI=1S/C19H17N7O2/c1-9(2)16(19(28)25-7-10(5-20)8-25)26-23-14-11-3-4-21-18-13(11)12(6-22-18)17(27)15(14)24-26/h3-4,6,9-10,16H,7-8H2,1-2H3,(H,21,22). The molecule has 1 N–H and O–H groups in total. The molecule has 140 valence electrons. The van der Waals surface area contributed by atoms with Crippen molar-refractivity contribution in [1.29, 1.82) is 5.26 Å². The van der Waals surface area contributed by atoms with E-state index in [0.717, 1.165) is 10.9 Å². The molecule has 1 aliphatic carbocycles. The normalized spacial score (nSPS) is 16.8. The van der Waals surface area contributed by atoms with Crippen molar-refractivity contribution in [2.45, 2.75) is 19.9 Å². The number of rotatable bonds is 3. The Morgan fingerprint density at radius 3 is 2.75 bits per heavy atom. The Balaban J connectivity index is 1.58. The molecule has 9 heteroatoms. The highest BCUT2D eigenvalue weighted by Crippen LogP contribution is 2.37. The highest BCUT2D eigenvalue weighted by molar-refractivity contribution is 6.23. The average molecular weight is 375 g/mol. The summed E-state index contributed by atoms with van der Waals surface area (Å²) in [7, 11) is 0. The van der Waals surface area contributed by atoms with Gasteiger partial charge in [0.15, 0.2) is 11.7 Å². The molecule has 1 atom stereocenters. The van der Waals surface area contributed by atoms with E-state index in [1.807, 2.05) is 19.9 Å². The van der Waals surface area contributed by atoms with Crippen LogP contribution in [0, 0.1) is 23.2 Å². The number of likely N-dealkylation sites (tertiary alicyclic amines) is 1. The first-order valence-electron chi connectivity index (χ1n) is 9.16. The van der Waals surface area contributed by atoms with E-state index in [-0.39, 0.29) is 29.2 Å². The molecule has 9 nitrogen and oxygen atoms in total. The van der Waals surface area contributed by atoms with Crippen LogP contribution in [0.1, 0.15) is 35.9 Å². The first-order chi connectivity index (χ1) is 13.5. The van der Waals surface area contributed by atoms with E-state index in [1.165, 1.54) is 4.80 Å². The van der Waals surface area contributed by atoms with E-state index in [4.69, 9.17) is 5.26 Å². The molecule has 0 aromatic carbocycles. The van der Waals surface area contributed by atoms with Crippen LogP contribution in [-0.4, -0.2) is 54.6 Å². The molecular weight excluding hydrogens is 358 g/mol. The number of pyridine rings is 1. The van der Waals surface area contributed by atoms with Gasteiger partial charge in [-0.2, -0.15) is 15.2 Å². The summed E-state index contributed by atoms with van der Waals surface area (Å²) in [5.41, 5.74) is 2.65. The lowest BCUT2D eigenvalue weighted by Crippen LogP contribution is -2.52. The number of aromatic nitrogens is 5. The lowest BCUT2D eigenvalue weighted by Gasteiger charge is -2.38. The van der Waals surface area contributed by atoms with Crippen molar-refractivity contribution in [2.75, 3.05) is 13.1 Å². The second-order valence-corrected chi connectivity index (χ2v) is 7.59. The maximum atomic E-state index is 13.0. The quantitative estimate of drug-likeness (QED) is 0.580. The summed E-state index contributed by atoms with van der Waals surface area (Å²) in [6.07, 6.45) is 3.29. The maximum Gasteiger partial charge on any atom is 0.249 e. The third-order valence-corrected chi connectivity index (χ3v) is 5.43. The molecule has 1 fully saturated rings. The van der Waals surface area contributed by atoms with E-state index < -0.39 is 6.04 Å². The van der Waals surface area contributed by atoms with Crippen LogP contribution in [0.5, 0.6) is 0 Å². The zero-order chi connectivity index (χ0) is 19.6. The first kappa shape index (κ1) is 16.6. The topological polar surface area (TPSA) is 121 Å². The van der Waals surface area contributed by atoms with E-state index in [9.17, 15) is 9.59 Å². The predicted octanol–water partition coefficient (Wildman–Crippen LogP) is 1.54. The number of nitrogens with one attached hydrogen (secondary N) is 1.